The van der Waals surface area contributed by atoms with Crippen molar-refractivity contribution >= 4 is 11.0 Å². The van der Waals surface area contributed by atoms with Crippen molar-refractivity contribution in [1.29, 1.82) is 0 Å². The van der Waals surface area contributed by atoms with Crippen molar-refractivity contribution in [3.8, 4) is 11.3 Å². The fraction of sp³-hybridized carbons (Fsp3) is 0.312. The molecule has 2 aromatic heterocycles. The SMILES string of the molecule is CC(C)c1nc2cc(-c3ccco3)ccc2n1CCO. The van der Waals surface area contributed by atoms with Crippen molar-refractivity contribution in [2.24, 2.45) is 0 Å². The molecular formula is C16H18N2O2. The van der Waals surface area contributed by atoms with E-state index in [1.54, 1.807) is 6.26 Å². The zero-order valence-corrected chi connectivity index (χ0v) is 11.7. The summed E-state index contributed by atoms with van der Waals surface area (Å²) in [5.74, 6) is 2.17. The molecular weight excluding hydrogens is 252 g/mol. The molecule has 0 saturated heterocycles. The standard InChI is InChI=1S/C16H18N2O2/c1-11(2)16-17-13-10-12(15-4-3-9-20-15)5-6-14(13)18(16)7-8-19/h3-6,9-11,19H,7-8H2,1-2H3. The van der Waals surface area contributed by atoms with Crippen LogP contribution in [0.3, 0.4) is 0 Å². The molecule has 0 fully saturated rings. The summed E-state index contributed by atoms with van der Waals surface area (Å²) in [4.78, 5) is 4.71. The summed E-state index contributed by atoms with van der Waals surface area (Å²) in [6.07, 6.45) is 1.67. The Morgan fingerprint density at radius 2 is 2.15 bits per heavy atom. The van der Waals surface area contributed by atoms with E-state index < -0.39 is 0 Å². The Balaban J connectivity index is 2.16. The molecule has 2 heterocycles. The van der Waals surface area contributed by atoms with Crippen LogP contribution in [0.1, 0.15) is 25.6 Å². The molecule has 4 nitrogen and oxygen atoms in total. The zero-order chi connectivity index (χ0) is 14.1. The molecule has 0 aliphatic rings. The van der Waals surface area contributed by atoms with Crippen LogP contribution in [0, 0.1) is 0 Å². The molecule has 20 heavy (non-hydrogen) atoms. The van der Waals surface area contributed by atoms with Gasteiger partial charge in [-0.05, 0) is 30.3 Å². The highest BCUT2D eigenvalue weighted by atomic mass is 16.3. The molecule has 3 rings (SSSR count). The van der Waals surface area contributed by atoms with Gasteiger partial charge in [0.15, 0.2) is 0 Å². The van der Waals surface area contributed by atoms with Crippen molar-refractivity contribution in [2.75, 3.05) is 6.61 Å². The highest BCUT2D eigenvalue weighted by molar-refractivity contribution is 5.81. The Kier molecular flexibility index (Phi) is 3.32. The van der Waals surface area contributed by atoms with Crippen LogP contribution in [0.5, 0.6) is 0 Å². The second kappa shape index (κ2) is 5.13. The number of benzene rings is 1. The molecule has 4 heteroatoms. The first-order valence-corrected chi connectivity index (χ1v) is 6.85. The maximum atomic E-state index is 9.24. The topological polar surface area (TPSA) is 51.2 Å². The van der Waals surface area contributed by atoms with Crippen LogP contribution in [-0.4, -0.2) is 21.3 Å². The van der Waals surface area contributed by atoms with E-state index in [1.165, 1.54) is 0 Å². The predicted molar refractivity (Wildman–Crippen MR) is 78.6 cm³/mol. The fourth-order valence-corrected chi connectivity index (χ4v) is 2.52. The summed E-state index contributed by atoms with van der Waals surface area (Å²) < 4.78 is 7.52. The Bertz CT molecular complexity index is 711. The Morgan fingerprint density at radius 3 is 2.80 bits per heavy atom. The molecule has 0 saturated carbocycles. The first kappa shape index (κ1) is 12.9. The normalized spacial score (nSPS) is 11.6. The van der Waals surface area contributed by atoms with Crippen molar-refractivity contribution in [2.45, 2.75) is 26.3 Å². The summed E-state index contributed by atoms with van der Waals surface area (Å²) in [6.45, 7) is 4.92. The maximum absolute atomic E-state index is 9.24. The molecule has 104 valence electrons. The van der Waals surface area contributed by atoms with Crippen LogP contribution in [0.15, 0.2) is 41.0 Å². The lowest BCUT2D eigenvalue weighted by molar-refractivity contribution is 0.275. The number of imidazole rings is 1. The third-order valence-corrected chi connectivity index (χ3v) is 3.42. The van der Waals surface area contributed by atoms with Crippen molar-refractivity contribution in [3.05, 3.63) is 42.4 Å². The molecule has 0 atom stereocenters. The molecule has 3 aromatic rings. The summed E-state index contributed by atoms with van der Waals surface area (Å²) in [5, 5.41) is 9.24. The highest BCUT2D eigenvalue weighted by Crippen LogP contribution is 2.27. The van der Waals surface area contributed by atoms with Gasteiger partial charge >= 0.3 is 0 Å². The smallest absolute Gasteiger partial charge is 0.133 e. The quantitative estimate of drug-likeness (QED) is 0.790. The van der Waals surface area contributed by atoms with Gasteiger partial charge in [0, 0.05) is 18.0 Å². The summed E-state index contributed by atoms with van der Waals surface area (Å²) >= 11 is 0. The number of fused-ring (bicyclic) bond motifs is 1. The highest BCUT2D eigenvalue weighted by Gasteiger charge is 2.14. The third-order valence-electron chi connectivity index (χ3n) is 3.42. The minimum absolute atomic E-state index is 0.116. The number of aliphatic hydroxyl groups excluding tert-OH is 1. The van der Waals surface area contributed by atoms with E-state index in [4.69, 9.17) is 9.40 Å². The van der Waals surface area contributed by atoms with Crippen LogP contribution in [0.2, 0.25) is 0 Å². The van der Waals surface area contributed by atoms with Gasteiger partial charge in [-0.15, -0.1) is 0 Å². The predicted octanol–water partition coefficient (Wildman–Crippen LogP) is 3.41. The van der Waals surface area contributed by atoms with Gasteiger partial charge in [-0.1, -0.05) is 13.8 Å². The summed E-state index contributed by atoms with van der Waals surface area (Å²) in [7, 11) is 0. The number of aliphatic hydroxyl groups is 1. The molecule has 0 bridgehead atoms. The molecule has 0 amide bonds. The average molecular weight is 270 g/mol. The van der Waals surface area contributed by atoms with E-state index in [0.717, 1.165) is 28.2 Å². The van der Waals surface area contributed by atoms with E-state index in [-0.39, 0.29) is 6.61 Å². The van der Waals surface area contributed by atoms with Gasteiger partial charge in [0.05, 0.1) is 23.9 Å². The van der Waals surface area contributed by atoms with E-state index in [1.807, 2.05) is 30.3 Å². The van der Waals surface area contributed by atoms with Gasteiger partial charge in [-0.2, -0.15) is 0 Å². The van der Waals surface area contributed by atoms with Crippen LogP contribution in [0.4, 0.5) is 0 Å². The molecule has 0 radical (unpaired) electrons. The van der Waals surface area contributed by atoms with Crippen molar-refractivity contribution in [3.63, 3.8) is 0 Å². The molecule has 0 spiro atoms. The lowest BCUT2D eigenvalue weighted by Gasteiger charge is -2.09. The Hall–Kier alpha value is -2.07. The molecule has 0 aliphatic heterocycles. The lowest BCUT2D eigenvalue weighted by Crippen LogP contribution is -2.08. The van der Waals surface area contributed by atoms with Crippen LogP contribution in [-0.2, 0) is 6.54 Å². The fourth-order valence-electron chi connectivity index (χ4n) is 2.52. The second-order valence-electron chi connectivity index (χ2n) is 5.18. The van der Waals surface area contributed by atoms with Gasteiger partial charge < -0.3 is 14.1 Å². The van der Waals surface area contributed by atoms with Gasteiger partial charge in [-0.25, -0.2) is 4.98 Å². The summed E-state index contributed by atoms with van der Waals surface area (Å²) in [6, 6.07) is 9.93. The van der Waals surface area contributed by atoms with E-state index in [2.05, 4.69) is 18.4 Å². The van der Waals surface area contributed by atoms with Gasteiger partial charge in [0.2, 0.25) is 0 Å². The number of aromatic nitrogens is 2. The number of rotatable bonds is 4. The lowest BCUT2D eigenvalue weighted by atomic mass is 10.1. The second-order valence-corrected chi connectivity index (χ2v) is 5.18. The molecule has 0 aliphatic carbocycles. The van der Waals surface area contributed by atoms with Gasteiger partial charge in [-0.3, -0.25) is 0 Å². The molecule has 0 unspecified atom stereocenters. The average Bonchev–Trinajstić information content (AvgIpc) is 3.06. The molecule has 1 aromatic carbocycles. The monoisotopic (exact) mass is 270 g/mol. The minimum Gasteiger partial charge on any atom is -0.464 e. The van der Waals surface area contributed by atoms with Crippen LogP contribution in [0.25, 0.3) is 22.4 Å². The first-order valence-electron chi connectivity index (χ1n) is 6.85. The van der Waals surface area contributed by atoms with Crippen LogP contribution >= 0.6 is 0 Å². The first-order chi connectivity index (χ1) is 9.70. The molecule has 1 N–H and O–H groups in total. The Morgan fingerprint density at radius 1 is 1.30 bits per heavy atom. The summed E-state index contributed by atoms with van der Waals surface area (Å²) in [5.41, 5.74) is 3.01. The van der Waals surface area contributed by atoms with E-state index >= 15 is 0 Å². The van der Waals surface area contributed by atoms with Crippen LogP contribution < -0.4 is 0 Å². The third kappa shape index (κ3) is 2.12. The van der Waals surface area contributed by atoms with Gasteiger partial charge in [0.1, 0.15) is 11.6 Å². The van der Waals surface area contributed by atoms with E-state index in [9.17, 15) is 5.11 Å². The van der Waals surface area contributed by atoms with Crippen molar-refractivity contribution in [1.82, 2.24) is 9.55 Å². The van der Waals surface area contributed by atoms with Crippen molar-refractivity contribution < 1.29 is 9.52 Å². The Labute approximate surface area is 117 Å². The largest absolute Gasteiger partial charge is 0.464 e. The number of furan rings is 1. The van der Waals surface area contributed by atoms with Gasteiger partial charge in [0.25, 0.3) is 0 Å². The zero-order valence-electron chi connectivity index (χ0n) is 11.7. The minimum atomic E-state index is 0.116. The number of nitrogens with zero attached hydrogens (tertiary/aromatic N) is 2. The number of hydrogen-bond acceptors (Lipinski definition) is 3. The maximum Gasteiger partial charge on any atom is 0.133 e. The van der Waals surface area contributed by atoms with E-state index in [0.29, 0.717) is 12.5 Å². The number of hydrogen-bond donors (Lipinski definition) is 1.